The number of aliphatic imine (C=N–C) groups is 1. The second-order valence-corrected chi connectivity index (χ2v) is 8.39. The second-order valence-electron chi connectivity index (χ2n) is 8.39. The van der Waals surface area contributed by atoms with Gasteiger partial charge in [0.15, 0.2) is 17.2 Å². The molecule has 5 rings (SSSR count). The average molecular weight is 452 g/mol. The van der Waals surface area contributed by atoms with Gasteiger partial charge in [-0.25, -0.2) is 19.2 Å². The van der Waals surface area contributed by atoms with E-state index in [-0.39, 0.29) is 0 Å². The van der Waals surface area contributed by atoms with Crippen LogP contribution in [0.1, 0.15) is 12.5 Å². The van der Waals surface area contributed by atoms with E-state index in [0.29, 0.717) is 34.1 Å². The number of guanidine groups is 1. The number of benzene rings is 1. The smallest absolute Gasteiger partial charge is 0.408 e. The number of aromatic amines is 1. The van der Waals surface area contributed by atoms with E-state index in [1.54, 1.807) is 30.6 Å². The maximum Gasteiger partial charge on any atom is 0.417 e. The zero-order valence-electron chi connectivity index (χ0n) is 18.4. The van der Waals surface area contributed by atoms with Crippen LogP contribution in [0, 0.1) is 5.82 Å². The molecular formula is C22H25FN8O2. The van der Waals surface area contributed by atoms with Crippen LogP contribution in [0.4, 0.5) is 15.9 Å². The van der Waals surface area contributed by atoms with E-state index in [4.69, 9.17) is 10.2 Å². The fourth-order valence-electron chi connectivity index (χ4n) is 4.03. The molecule has 0 aliphatic carbocycles. The van der Waals surface area contributed by atoms with Crippen LogP contribution >= 0.6 is 0 Å². The number of hydrogen-bond acceptors (Lipinski definition) is 9. The summed E-state index contributed by atoms with van der Waals surface area (Å²) in [5, 5.41) is 6.23. The second kappa shape index (κ2) is 8.01. The van der Waals surface area contributed by atoms with Crippen molar-refractivity contribution in [3.8, 4) is 0 Å². The van der Waals surface area contributed by atoms with Crippen LogP contribution in [-0.2, 0) is 5.66 Å². The Kier molecular flexibility index (Phi) is 5.14. The summed E-state index contributed by atoms with van der Waals surface area (Å²) in [5.74, 6) is -0.243. The third-order valence-corrected chi connectivity index (χ3v) is 6.09. The highest BCUT2D eigenvalue weighted by Crippen LogP contribution is 2.29. The molecule has 3 aromatic rings. The maximum absolute atomic E-state index is 14.8. The summed E-state index contributed by atoms with van der Waals surface area (Å²) in [6.45, 7) is 5.04. The minimum absolute atomic E-state index is 0.345. The number of piperazine rings is 1. The molecular weight excluding hydrogens is 427 g/mol. The number of aromatic nitrogens is 2. The van der Waals surface area contributed by atoms with Crippen molar-refractivity contribution in [2.45, 2.75) is 12.6 Å². The van der Waals surface area contributed by atoms with Crippen LogP contribution in [0.25, 0.3) is 11.1 Å². The summed E-state index contributed by atoms with van der Waals surface area (Å²) >= 11 is 0. The molecule has 1 fully saturated rings. The Morgan fingerprint density at radius 2 is 2.03 bits per heavy atom. The molecule has 0 spiro atoms. The number of likely N-dealkylation sites (N-methyl/N-ethyl adjacent to an activating group) is 1. The molecule has 11 heteroatoms. The zero-order valence-corrected chi connectivity index (χ0v) is 18.4. The normalized spacial score (nSPS) is 21.5. The van der Waals surface area contributed by atoms with E-state index >= 15 is 0 Å². The van der Waals surface area contributed by atoms with Crippen molar-refractivity contribution < 1.29 is 8.81 Å². The van der Waals surface area contributed by atoms with Gasteiger partial charge in [0.2, 0.25) is 5.96 Å². The van der Waals surface area contributed by atoms with E-state index in [2.05, 4.69) is 30.5 Å². The first kappa shape index (κ1) is 21.2. The molecule has 2 aliphatic rings. The Balaban J connectivity index is 1.36. The van der Waals surface area contributed by atoms with Crippen molar-refractivity contribution in [1.29, 1.82) is 0 Å². The van der Waals surface area contributed by atoms with Crippen LogP contribution < -0.4 is 27.0 Å². The number of nitrogens with zero attached hydrogens (tertiary/aromatic N) is 4. The first-order chi connectivity index (χ1) is 15.8. The molecule has 0 amide bonds. The molecule has 5 N–H and O–H groups in total. The summed E-state index contributed by atoms with van der Waals surface area (Å²) in [7, 11) is 2.05. The number of anilines is 2. The lowest BCUT2D eigenvalue weighted by molar-refractivity contribution is 0.311. The lowest BCUT2D eigenvalue weighted by Gasteiger charge is -2.36. The van der Waals surface area contributed by atoms with Gasteiger partial charge in [0.25, 0.3) is 0 Å². The van der Waals surface area contributed by atoms with Gasteiger partial charge in [-0.05, 0) is 37.2 Å². The number of fused-ring (bicyclic) bond motifs is 1. The number of nitrogens with two attached hydrogens (primary N) is 1. The third-order valence-electron chi connectivity index (χ3n) is 6.09. The van der Waals surface area contributed by atoms with Gasteiger partial charge in [-0.3, -0.25) is 4.98 Å². The highest BCUT2D eigenvalue weighted by molar-refractivity contribution is 5.95. The molecule has 0 bridgehead atoms. The van der Waals surface area contributed by atoms with Crippen LogP contribution in [-0.4, -0.2) is 54.1 Å². The van der Waals surface area contributed by atoms with Crippen molar-refractivity contribution >= 4 is 28.6 Å². The van der Waals surface area contributed by atoms with Gasteiger partial charge >= 0.3 is 5.76 Å². The van der Waals surface area contributed by atoms with Gasteiger partial charge in [0.1, 0.15) is 5.66 Å². The molecule has 1 atom stereocenters. The summed E-state index contributed by atoms with van der Waals surface area (Å²) in [5.41, 5.74) is 8.49. The minimum atomic E-state index is -1.10. The van der Waals surface area contributed by atoms with Gasteiger partial charge in [-0.1, -0.05) is 6.07 Å². The van der Waals surface area contributed by atoms with Crippen LogP contribution in [0.3, 0.4) is 0 Å². The standard InChI is InChI=1S/C22H25FN8O2/c1-13-11-26-20(29-22(13,24)14-3-4-18-17(9-14)28-21(32)33-18)27-15-10-16(23)19(25-12-15)31-7-5-30(2)6-8-31/h3-4,9-12H,5-8,24H2,1-2H3,(H,28,32)(H2,26,27,29). The number of oxazole rings is 1. The van der Waals surface area contributed by atoms with Crippen LogP contribution in [0.15, 0.2) is 56.4 Å². The zero-order chi connectivity index (χ0) is 23.2. The molecule has 172 valence electrons. The van der Waals surface area contributed by atoms with Gasteiger partial charge in [-0.15, -0.1) is 0 Å². The molecule has 1 unspecified atom stereocenters. The molecule has 1 saturated heterocycles. The Morgan fingerprint density at radius 3 is 2.79 bits per heavy atom. The molecule has 4 heterocycles. The van der Waals surface area contributed by atoms with Gasteiger partial charge in [0, 0.05) is 38.4 Å². The monoisotopic (exact) mass is 452 g/mol. The van der Waals surface area contributed by atoms with E-state index in [0.717, 1.165) is 31.8 Å². The van der Waals surface area contributed by atoms with Crippen molar-refractivity contribution in [3.63, 3.8) is 0 Å². The Bertz CT molecular complexity index is 1320. The van der Waals surface area contributed by atoms with Crippen LogP contribution in [0.2, 0.25) is 0 Å². The number of pyridine rings is 1. The fourth-order valence-corrected chi connectivity index (χ4v) is 4.03. The summed E-state index contributed by atoms with van der Waals surface area (Å²) < 4.78 is 19.9. The summed E-state index contributed by atoms with van der Waals surface area (Å²) in [6, 6.07) is 6.61. The molecule has 0 radical (unpaired) electrons. The summed E-state index contributed by atoms with van der Waals surface area (Å²) in [6.07, 6.45) is 3.22. The largest absolute Gasteiger partial charge is 0.417 e. The number of halogens is 1. The number of H-pyrrole nitrogens is 1. The SMILES string of the molecule is CC1=CN=C(Nc2cnc(N3CCN(C)CC3)c(F)c2)NC1(N)c1ccc2oc(=O)[nH]c2c1. The molecule has 2 aliphatic heterocycles. The third kappa shape index (κ3) is 3.96. The molecule has 33 heavy (non-hydrogen) atoms. The lowest BCUT2D eigenvalue weighted by Crippen LogP contribution is -2.57. The number of nitrogens with one attached hydrogen (secondary N) is 3. The van der Waals surface area contributed by atoms with Crippen LogP contribution in [0.5, 0.6) is 0 Å². The number of rotatable bonds is 3. The maximum atomic E-state index is 14.8. The van der Waals surface area contributed by atoms with E-state index in [9.17, 15) is 9.18 Å². The quantitative estimate of drug-likeness (QED) is 0.471. The molecule has 2 aromatic heterocycles. The molecule has 10 nitrogen and oxygen atoms in total. The first-order valence-electron chi connectivity index (χ1n) is 10.6. The van der Waals surface area contributed by atoms with E-state index in [1.807, 2.05) is 18.9 Å². The van der Waals surface area contributed by atoms with Gasteiger partial charge in [-0.2, -0.15) is 0 Å². The van der Waals surface area contributed by atoms with Crippen molar-refractivity contribution in [3.05, 3.63) is 64.2 Å². The van der Waals surface area contributed by atoms with Gasteiger partial charge < -0.3 is 30.6 Å². The Labute approximate surface area is 189 Å². The predicted octanol–water partition coefficient (Wildman–Crippen LogP) is 1.49. The van der Waals surface area contributed by atoms with Crippen molar-refractivity contribution in [2.24, 2.45) is 10.7 Å². The van der Waals surface area contributed by atoms with Crippen molar-refractivity contribution in [2.75, 3.05) is 43.4 Å². The Hall–Kier alpha value is -3.70. The van der Waals surface area contributed by atoms with E-state index < -0.39 is 17.2 Å². The molecule has 1 aromatic carbocycles. The average Bonchev–Trinajstić information content (AvgIpc) is 3.16. The van der Waals surface area contributed by atoms with Crippen molar-refractivity contribution in [1.82, 2.24) is 20.2 Å². The lowest BCUT2D eigenvalue weighted by atomic mass is 9.92. The first-order valence-corrected chi connectivity index (χ1v) is 10.6. The molecule has 0 saturated carbocycles. The highest BCUT2D eigenvalue weighted by Gasteiger charge is 2.33. The van der Waals surface area contributed by atoms with E-state index in [1.165, 1.54) is 6.07 Å². The predicted molar refractivity (Wildman–Crippen MR) is 125 cm³/mol. The fraction of sp³-hybridized carbons (Fsp3) is 0.318. The topological polar surface area (TPSA) is 128 Å². The minimum Gasteiger partial charge on any atom is -0.408 e. The highest BCUT2D eigenvalue weighted by atomic mass is 19.1. The van der Waals surface area contributed by atoms with Gasteiger partial charge in [0.05, 0.1) is 17.4 Å². The summed E-state index contributed by atoms with van der Waals surface area (Å²) in [4.78, 5) is 27.0. The Morgan fingerprint density at radius 1 is 1.24 bits per heavy atom. The number of hydrogen-bond donors (Lipinski definition) is 4.